The molecule has 0 bridgehead atoms. The Morgan fingerprint density at radius 1 is 0.444 bits per heavy atom. The molecule has 2 N–H and O–H groups in total. The number of nitrogens with zero attached hydrogens (tertiary/aromatic N) is 1. The quantitative estimate of drug-likeness (QED) is 0.0272. The number of phosphoric acid groups is 1. The SMILES string of the molecule is CC/C=C\C/C=C\C/C=C\C/C=C\C/C=C\C/C=C\C/C=C\CCCCCCCCCCCCCCCCCCCC(=O)NC(COP(=O)([O-])OCC[N+](C)(C)C)C(O)/C=C/CCCCCCCCCCCCCCCCCCCC. The molecule has 81 heavy (non-hydrogen) atoms. The molecule has 0 saturated heterocycles. The first kappa shape index (κ1) is 78.4. The van der Waals surface area contributed by atoms with E-state index in [0.717, 1.165) is 83.5 Å². The van der Waals surface area contributed by atoms with Gasteiger partial charge in [0.15, 0.2) is 0 Å². The Morgan fingerprint density at radius 2 is 0.753 bits per heavy atom. The first-order valence-corrected chi connectivity index (χ1v) is 35.6. The summed E-state index contributed by atoms with van der Waals surface area (Å²) in [4.78, 5) is 25.6. The van der Waals surface area contributed by atoms with Crippen LogP contribution >= 0.6 is 7.82 Å². The van der Waals surface area contributed by atoms with Crippen molar-refractivity contribution < 1.29 is 32.9 Å². The number of unbranched alkanes of at least 4 members (excludes halogenated alkanes) is 35. The van der Waals surface area contributed by atoms with Crippen molar-refractivity contribution in [2.24, 2.45) is 0 Å². The van der Waals surface area contributed by atoms with Gasteiger partial charge in [-0.15, -0.1) is 0 Å². The molecule has 3 unspecified atom stereocenters. The van der Waals surface area contributed by atoms with Gasteiger partial charge in [-0.05, 0) is 77.0 Å². The predicted octanol–water partition coefficient (Wildman–Crippen LogP) is 21.1. The van der Waals surface area contributed by atoms with Crippen molar-refractivity contribution in [1.82, 2.24) is 5.32 Å². The highest BCUT2D eigenvalue weighted by Gasteiger charge is 2.23. The van der Waals surface area contributed by atoms with E-state index in [1.54, 1.807) is 6.08 Å². The van der Waals surface area contributed by atoms with Gasteiger partial charge in [0.2, 0.25) is 5.91 Å². The first-order valence-electron chi connectivity index (χ1n) is 34.1. The minimum atomic E-state index is -4.60. The summed E-state index contributed by atoms with van der Waals surface area (Å²) >= 11 is 0. The van der Waals surface area contributed by atoms with Gasteiger partial charge in [-0.2, -0.15) is 0 Å². The number of carbonyl (C=O) groups excluding carboxylic acids is 1. The molecule has 0 aliphatic rings. The topological polar surface area (TPSA) is 108 Å². The van der Waals surface area contributed by atoms with Gasteiger partial charge in [0.05, 0.1) is 39.9 Å². The van der Waals surface area contributed by atoms with E-state index in [1.165, 1.54) is 199 Å². The average molecular weight is 1150 g/mol. The molecule has 0 aliphatic carbocycles. The fourth-order valence-corrected chi connectivity index (χ4v) is 10.5. The third-order valence-electron chi connectivity index (χ3n) is 15.0. The lowest BCUT2D eigenvalue weighted by Crippen LogP contribution is -2.45. The molecule has 0 aromatic heterocycles. The second kappa shape index (κ2) is 62.0. The Labute approximate surface area is 502 Å². The van der Waals surface area contributed by atoms with E-state index in [-0.39, 0.29) is 19.1 Å². The lowest BCUT2D eigenvalue weighted by atomic mass is 10.0. The summed E-state index contributed by atoms with van der Waals surface area (Å²) in [6.45, 7) is 4.56. The van der Waals surface area contributed by atoms with E-state index in [1.807, 2.05) is 27.2 Å². The summed E-state index contributed by atoms with van der Waals surface area (Å²) in [5.74, 6) is -0.196. The Balaban J connectivity index is 4.03. The van der Waals surface area contributed by atoms with Crippen LogP contribution in [-0.4, -0.2) is 68.5 Å². The molecule has 0 aromatic rings. The fourth-order valence-electron chi connectivity index (χ4n) is 9.78. The maximum atomic E-state index is 13.0. The lowest BCUT2D eigenvalue weighted by Gasteiger charge is -2.29. The smallest absolute Gasteiger partial charge is 0.268 e. The van der Waals surface area contributed by atoms with E-state index in [0.29, 0.717) is 17.4 Å². The summed E-state index contributed by atoms with van der Waals surface area (Å²) in [5, 5.41) is 13.9. The second-order valence-corrected chi connectivity index (χ2v) is 25.6. The maximum Gasteiger partial charge on any atom is 0.268 e. The van der Waals surface area contributed by atoms with Crippen LogP contribution in [0.25, 0.3) is 0 Å². The van der Waals surface area contributed by atoms with Gasteiger partial charge in [-0.3, -0.25) is 9.36 Å². The van der Waals surface area contributed by atoms with Gasteiger partial charge in [-0.25, -0.2) is 0 Å². The van der Waals surface area contributed by atoms with Crippen LogP contribution < -0.4 is 10.2 Å². The summed E-state index contributed by atoms with van der Waals surface area (Å²) in [5.41, 5.74) is 0. The Hall–Kier alpha value is -2.58. The zero-order valence-corrected chi connectivity index (χ0v) is 54.6. The van der Waals surface area contributed by atoms with Gasteiger partial charge in [0.25, 0.3) is 7.82 Å². The molecule has 0 radical (unpaired) electrons. The van der Waals surface area contributed by atoms with E-state index < -0.39 is 20.0 Å². The summed E-state index contributed by atoms with van der Waals surface area (Å²) in [6.07, 6.45) is 89.4. The highest BCUT2D eigenvalue weighted by Crippen LogP contribution is 2.38. The van der Waals surface area contributed by atoms with Crippen LogP contribution in [0.2, 0.25) is 0 Å². The minimum Gasteiger partial charge on any atom is -0.756 e. The molecule has 1 amide bonds. The number of rotatable bonds is 62. The van der Waals surface area contributed by atoms with Crippen LogP contribution in [0.15, 0.2) is 97.2 Å². The van der Waals surface area contributed by atoms with Crippen LogP contribution in [0, 0.1) is 0 Å². The largest absolute Gasteiger partial charge is 0.756 e. The van der Waals surface area contributed by atoms with E-state index >= 15 is 0 Å². The molecular weight excluding hydrogens is 1020 g/mol. The predicted molar refractivity (Wildman–Crippen MR) is 353 cm³/mol. The number of carbonyl (C=O) groups is 1. The van der Waals surface area contributed by atoms with Gasteiger partial charge >= 0.3 is 0 Å². The molecule has 0 heterocycles. The van der Waals surface area contributed by atoms with Crippen molar-refractivity contribution in [1.29, 1.82) is 0 Å². The van der Waals surface area contributed by atoms with Crippen LogP contribution in [0.4, 0.5) is 0 Å². The summed E-state index contributed by atoms with van der Waals surface area (Å²) in [7, 11) is 1.26. The van der Waals surface area contributed by atoms with Crippen molar-refractivity contribution in [2.75, 3.05) is 40.9 Å². The highest BCUT2D eigenvalue weighted by molar-refractivity contribution is 7.45. The number of aliphatic hydroxyl groups excluding tert-OH is 1. The van der Waals surface area contributed by atoms with Gasteiger partial charge in [-0.1, -0.05) is 317 Å². The lowest BCUT2D eigenvalue weighted by molar-refractivity contribution is -0.870. The zero-order chi connectivity index (χ0) is 59.1. The average Bonchev–Trinajstić information content (AvgIpc) is 3.43. The molecular formula is C72H131N2O6P. The van der Waals surface area contributed by atoms with Crippen molar-refractivity contribution in [3.63, 3.8) is 0 Å². The van der Waals surface area contributed by atoms with Crippen molar-refractivity contribution in [3.05, 3.63) is 97.2 Å². The Bertz CT molecular complexity index is 1640. The fraction of sp³-hybridized carbons (Fsp3) is 0.764. The number of hydrogen-bond donors (Lipinski definition) is 2. The molecule has 8 nitrogen and oxygen atoms in total. The molecule has 0 aliphatic heterocycles. The number of aliphatic hydroxyl groups is 1. The van der Waals surface area contributed by atoms with E-state index in [9.17, 15) is 19.4 Å². The Kier molecular flexibility index (Phi) is 60.0. The normalized spacial score (nSPS) is 14.3. The maximum absolute atomic E-state index is 13.0. The van der Waals surface area contributed by atoms with Gasteiger partial charge < -0.3 is 28.8 Å². The summed E-state index contributed by atoms with van der Waals surface area (Å²) < 4.78 is 23.4. The van der Waals surface area contributed by atoms with E-state index in [4.69, 9.17) is 9.05 Å². The van der Waals surface area contributed by atoms with Crippen LogP contribution in [0.5, 0.6) is 0 Å². The second-order valence-electron chi connectivity index (χ2n) is 24.2. The molecule has 0 rings (SSSR count). The molecule has 0 aromatic carbocycles. The summed E-state index contributed by atoms with van der Waals surface area (Å²) in [6, 6.07) is -0.891. The van der Waals surface area contributed by atoms with Crippen LogP contribution in [0.1, 0.15) is 303 Å². The molecule has 0 spiro atoms. The minimum absolute atomic E-state index is 0.00247. The standard InChI is InChI=1S/C72H131N2O6P/c1-6-8-10-12-14-16-18-20-22-24-26-28-29-30-31-32-33-34-35-36-37-38-39-40-41-42-43-44-45-46-48-50-52-54-56-58-60-62-64-66-72(76)73-70(69-80-81(77,78)79-68-67-74(3,4)5)71(75)65-63-61-59-57-55-53-51-49-47-27-25-23-21-19-17-15-13-11-9-7-2/h8,10,14,16,20,22,26,28,30-31,33-34,36-37,63,65,70-71,75H,6-7,9,11-13,15,17-19,21,23-25,27,29,32,35,38-62,64,66-69H2,1-5H3,(H-,73,76,77,78)/b10-8-,16-14-,22-20-,28-26-,31-30-,34-33-,37-36-,65-63+. The van der Waals surface area contributed by atoms with Gasteiger partial charge in [0, 0.05) is 6.42 Å². The number of amides is 1. The third kappa shape index (κ3) is 64.8. The zero-order valence-electron chi connectivity index (χ0n) is 53.7. The number of quaternary nitrogens is 1. The monoisotopic (exact) mass is 1150 g/mol. The first-order chi connectivity index (χ1) is 39.5. The molecule has 3 atom stereocenters. The Morgan fingerprint density at radius 3 is 1.10 bits per heavy atom. The highest BCUT2D eigenvalue weighted by atomic mass is 31.2. The molecule has 0 saturated carbocycles. The van der Waals surface area contributed by atoms with Gasteiger partial charge in [0.1, 0.15) is 13.2 Å². The van der Waals surface area contributed by atoms with Crippen molar-refractivity contribution in [2.45, 2.75) is 315 Å². The van der Waals surface area contributed by atoms with E-state index in [2.05, 4.69) is 104 Å². The number of likely N-dealkylation sites (N-methyl/N-ethyl adjacent to an activating group) is 1. The third-order valence-corrected chi connectivity index (χ3v) is 16.0. The molecule has 9 heteroatoms. The molecule has 0 fully saturated rings. The number of hydrogen-bond acceptors (Lipinski definition) is 6. The van der Waals surface area contributed by atoms with Crippen LogP contribution in [0.3, 0.4) is 0 Å². The molecule has 470 valence electrons. The van der Waals surface area contributed by atoms with Crippen LogP contribution in [-0.2, 0) is 18.4 Å². The number of nitrogens with one attached hydrogen (secondary N) is 1. The number of phosphoric ester groups is 1. The van der Waals surface area contributed by atoms with Crippen molar-refractivity contribution >= 4 is 13.7 Å². The van der Waals surface area contributed by atoms with Crippen molar-refractivity contribution in [3.8, 4) is 0 Å². The number of allylic oxidation sites excluding steroid dienone is 15.